The molecular formula is C18H18N2O3. The number of fused-ring (bicyclic) bond motifs is 1. The topological polar surface area (TPSA) is 57.7 Å². The first-order valence-corrected chi connectivity index (χ1v) is 7.17. The van der Waals surface area contributed by atoms with Crippen LogP contribution in [0.1, 0.15) is 31.1 Å². The molecule has 1 aromatic carbocycles. The first-order valence-electron chi connectivity index (χ1n) is 7.17. The molecule has 0 saturated carbocycles. The number of rotatable bonds is 7. The molecule has 0 aliphatic carbocycles. The van der Waals surface area contributed by atoms with Gasteiger partial charge in [-0.25, -0.2) is 0 Å². The highest BCUT2D eigenvalue weighted by atomic mass is 16.2. The summed E-state index contributed by atoms with van der Waals surface area (Å²) >= 11 is 0. The molecule has 0 fully saturated rings. The molecule has 0 aromatic heterocycles. The Bertz CT molecular complexity index is 696. The predicted octanol–water partition coefficient (Wildman–Crippen LogP) is 2.28. The van der Waals surface area contributed by atoms with Crippen LogP contribution in [0.4, 0.5) is 0 Å². The molecule has 1 heterocycles. The Hall–Kier alpha value is -2.95. The van der Waals surface area contributed by atoms with Gasteiger partial charge in [-0.1, -0.05) is 18.2 Å². The second-order valence-electron chi connectivity index (χ2n) is 5.06. The van der Waals surface area contributed by atoms with Crippen molar-refractivity contribution in [3.8, 4) is 0 Å². The fourth-order valence-corrected chi connectivity index (χ4v) is 2.45. The van der Waals surface area contributed by atoms with Crippen molar-refractivity contribution < 1.29 is 14.4 Å². The first-order chi connectivity index (χ1) is 11.0. The Labute approximate surface area is 135 Å². The lowest BCUT2D eigenvalue weighted by atomic mass is 10.0. The summed E-state index contributed by atoms with van der Waals surface area (Å²) in [5.74, 6) is -1.01. The normalized spacial score (nSPS) is 12.8. The fourth-order valence-electron chi connectivity index (χ4n) is 2.45. The lowest BCUT2D eigenvalue weighted by molar-refractivity contribution is 0.0671. The SMILES string of the molecule is C=CCN(CC=C)C(=O)c1ccc2c(c1)C(=O)N(CC=C)C2=O. The Balaban J connectivity index is 2.36. The largest absolute Gasteiger partial charge is 0.331 e. The van der Waals surface area contributed by atoms with Crippen molar-refractivity contribution in [1.82, 2.24) is 9.80 Å². The molecule has 118 valence electrons. The number of hydrogen-bond acceptors (Lipinski definition) is 3. The summed E-state index contributed by atoms with van der Waals surface area (Å²) in [6.45, 7) is 11.7. The van der Waals surface area contributed by atoms with E-state index in [-0.39, 0.29) is 23.9 Å². The van der Waals surface area contributed by atoms with Gasteiger partial charge in [-0.3, -0.25) is 19.3 Å². The van der Waals surface area contributed by atoms with Crippen LogP contribution in [0.25, 0.3) is 0 Å². The average molecular weight is 310 g/mol. The van der Waals surface area contributed by atoms with Crippen LogP contribution in [0.3, 0.4) is 0 Å². The highest BCUT2D eigenvalue weighted by Gasteiger charge is 2.35. The van der Waals surface area contributed by atoms with E-state index in [1.807, 2.05) is 0 Å². The zero-order valence-electron chi connectivity index (χ0n) is 12.8. The standard InChI is InChI=1S/C18H18N2O3/c1-4-9-19(10-5-2)16(21)13-7-8-14-15(12-13)18(23)20(11-6-3)17(14)22/h4-8,12H,1-3,9-11H2. The van der Waals surface area contributed by atoms with Gasteiger partial charge in [0.25, 0.3) is 17.7 Å². The Morgan fingerprint density at radius 2 is 1.61 bits per heavy atom. The lowest BCUT2D eigenvalue weighted by Gasteiger charge is -2.19. The summed E-state index contributed by atoms with van der Waals surface area (Å²) < 4.78 is 0. The lowest BCUT2D eigenvalue weighted by Crippen LogP contribution is -2.31. The maximum Gasteiger partial charge on any atom is 0.261 e. The van der Waals surface area contributed by atoms with Crippen LogP contribution in [-0.4, -0.2) is 47.2 Å². The Kier molecular flexibility index (Phi) is 4.91. The number of carbonyl (C=O) groups is 3. The minimum absolute atomic E-state index is 0.147. The summed E-state index contributed by atoms with van der Waals surface area (Å²) in [5.41, 5.74) is 0.918. The smallest absolute Gasteiger partial charge is 0.261 e. The van der Waals surface area contributed by atoms with Crippen LogP contribution in [-0.2, 0) is 0 Å². The zero-order chi connectivity index (χ0) is 17.0. The van der Waals surface area contributed by atoms with Gasteiger partial charge in [-0.05, 0) is 18.2 Å². The molecule has 2 rings (SSSR count). The second-order valence-corrected chi connectivity index (χ2v) is 5.06. The molecule has 0 N–H and O–H groups in total. The van der Waals surface area contributed by atoms with Gasteiger partial charge in [0.15, 0.2) is 0 Å². The molecule has 1 aromatic rings. The number of amides is 3. The van der Waals surface area contributed by atoms with Crippen molar-refractivity contribution in [3.63, 3.8) is 0 Å². The fraction of sp³-hybridized carbons (Fsp3) is 0.167. The molecule has 0 bridgehead atoms. The Morgan fingerprint density at radius 1 is 1.00 bits per heavy atom. The maximum atomic E-state index is 12.5. The molecule has 0 atom stereocenters. The first kappa shape index (κ1) is 16.4. The molecular weight excluding hydrogens is 292 g/mol. The molecule has 23 heavy (non-hydrogen) atoms. The molecule has 5 nitrogen and oxygen atoms in total. The minimum Gasteiger partial charge on any atom is -0.331 e. The number of benzene rings is 1. The summed E-state index contributed by atoms with van der Waals surface area (Å²) in [6, 6.07) is 4.55. The van der Waals surface area contributed by atoms with Gasteiger partial charge in [0.1, 0.15) is 0 Å². The highest BCUT2D eigenvalue weighted by molar-refractivity contribution is 6.22. The predicted molar refractivity (Wildman–Crippen MR) is 88.3 cm³/mol. The number of hydrogen-bond donors (Lipinski definition) is 0. The van der Waals surface area contributed by atoms with E-state index in [4.69, 9.17) is 0 Å². The van der Waals surface area contributed by atoms with E-state index >= 15 is 0 Å². The molecule has 5 heteroatoms. The molecule has 0 radical (unpaired) electrons. The maximum absolute atomic E-state index is 12.5. The van der Waals surface area contributed by atoms with Gasteiger partial charge >= 0.3 is 0 Å². The van der Waals surface area contributed by atoms with E-state index in [0.29, 0.717) is 24.2 Å². The van der Waals surface area contributed by atoms with Crippen LogP contribution in [0, 0.1) is 0 Å². The van der Waals surface area contributed by atoms with E-state index in [1.54, 1.807) is 23.1 Å². The van der Waals surface area contributed by atoms with Gasteiger partial charge in [0, 0.05) is 25.2 Å². The summed E-state index contributed by atoms with van der Waals surface area (Å²) in [5, 5.41) is 0. The van der Waals surface area contributed by atoms with E-state index < -0.39 is 5.91 Å². The quantitative estimate of drug-likeness (QED) is 0.573. The van der Waals surface area contributed by atoms with Crippen LogP contribution >= 0.6 is 0 Å². The van der Waals surface area contributed by atoms with E-state index in [2.05, 4.69) is 19.7 Å². The average Bonchev–Trinajstić information content (AvgIpc) is 2.79. The number of imide groups is 1. The monoisotopic (exact) mass is 310 g/mol. The highest BCUT2D eigenvalue weighted by Crippen LogP contribution is 2.24. The van der Waals surface area contributed by atoms with Crippen molar-refractivity contribution in [2.24, 2.45) is 0 Å². The van der Waals surface area contributed by atoms with Crippen LogP contribution < -0.4 is 0 Å². The molecule has 0 spiro atoms. The second kappa shape index (κ2) is 6.87. The van der Waals surface area contributed by atoms with Gasteiger partial charge < -0.3 is 4.90 Å². The number of carbonyl (C=O) groups excluding carboxylic acids is 3. The van der Waals surface area contributed by atoms with Crippen molar-refractivity contribution in [2.75, 3.05) is 19.6 Å². The Morgan fingerprint density at radius 3 is 2.17 bits per heavy atom. The van der Waals surface area contributed by atoms with Crippen LogP contribution in [0.2, 0.25) is 0 Å². The summed E-state index contributed by atoms with van der Waals surface area (Å²) in [4.78, 5) is 39.6. The van der Waals surface area contributed by atoms with E-state index in [0.717, 1.165) is 4.90 Å². The van der Waals surface area contributed by atoms with Gasteiger partial charge in [0.05, 0.1) is 11.1 Å². The van der Waals surface area contributed by atoms with Crippen molar-refractivity contribution >= 4 is 17.7 Å². The van der Waals surface area contributed by atoms with Crippen LogP contribution in [0.5, 0.6) is 0 Å². The van der Waals surface area contributed by atoms with E-state index in [1.165, 1.54) is 18.2 Å². The minimum atomic E-state index is -0.404. The summed E-state index contributed by atoms with van der Waals surface area (Å²) in [7, 11) is 0. The van der Waals surface area contributed by atoms with Crippen molar-refractivity contribution in [2.45, 2.75) is 0 Å². The zero-order valence-corrected chi connectivity index (χ0v) is 12.8. The third-order valence-electron chi connectivity index (χ3n) is 3.52. The van der Waals surface area contributed by atoms with Crippen LogP contribution in [0.15, 0.2) is 56.2 Å². The molecule has 3 amide bonds. The third kappa shape index (κ3) is 2.99. The van der Waals surface area contributed by atoms with E-state index in [9.17, 15) is 14.4 Å². The van der Waals surface area contributed by atoms with Gasteiger partial charge in [-0.2, -0.15) is 0 Å². The molecule has 0 unspecified atom stereocenters. The van der Waals surface area contributed by atoms with Crippen molar-refractivity contribution in [3.05, 3.63) is 72.9 Å². The molecule has 1 aliphatic heterocycles. The molecule has 0 saturated heterocycles. The number of nitrogens with zero attached hydrogens (tertiary/aromatic N) is 2. The summed E-state index contributed by atoms with van der Waals surface area (Å²) in [6.07, 6.45) is 4.73. The van der Waals surface area contributed by atoms with Crippen molar-refractivity contribution in [1.29, 1.82) is 0 Å². The van der Waals surface area contributed by atoms with Gasteiger partial charge in [0.2, 0.25) is 0 Å². The van der Waals surface area contributed by atoms with Gasteiger partial charge in [-0.15, -0.1) is 19.7 Å². The molecule has 1 aliphatic rings. The third-order valence-corrected chi connectivity index (χ3v) is 3.52.